The van der Waals surface area contributed by atoms with Crippen molar-refractivity contribution in [1.82, 2.24) is 24.9 Å². The fraction of sp³-hybridized carbons (Fsp3) is 0.686. The normalized spacial score (nSPS) is 18.9. The topological polar surface area (TPSA) is 180 Å². The highest BCUT2D eigenvalue weighted by Gasteiger charge is 2.44. The number of rotatable bonds is 28. The summed E-state index contributed by atoms with van der Waals surface area (Å²) in [5.41, 5.74) is 0.924. The Bertz CT molecular complexity index is 1940. The number of halogens is 2. The van der Waals surface area contributed by atoms with Gasteiger partial charge in [0, 0.05) is 60.2 Å². The van der Waals surface area contributed by atoms with Crippen LogP contribution >= 0.6 is 31.9 Å². The van der Waals surface area contributed by atoms with Crippen LogP contribution in [0, 0.1) is 29.6 Å². The Hall–Kier alpha value is -3.80. The van der Waals surface area contributed by atoms with Gasteiger partial charge in [0.15, 0.2) is 11.6 Å². The van der Waals surface area contributed by atoms with Gasteiger partial charge in [-0.2, -0.15) is 0 Å². The Kier molecular flexibility index (Phi) is 23.7. The van der Waals surface area contributed by atoms with Crippen LogP contribution in [-0.2, 0) is 54.3 Å². The Labute approximate surface area is 421 Å². The number of carbonyl (C=O) groups excluding carboxylic acids is 8. The number of likely N-dealkylation sites (tertiary alicyclic amines) is 1. The van der Waals surface area contributed by atoms with Crippen molar-refractivity contribution >= 4 is 78.9 Å². The molecule has 380 valence electrons. The van der Waals surface area contributed by atoms with Gasteiger partial charge in [-0.1, -0.05) is 91.6 Å². The van der Waals surface area contributed by atoms with Gasteiger partial charge >= 0.3 is 0 Å². The number of carbonyl (C=O) groups is 8. The van der Waals surface area contributed by atoms with Crippen LogP contribution in [0.15, 0.2) is 39.3 Å². The number of imide groups is 1. The standard InChI is InChI=1S/C51H77Br2N5O10/c1-13-32(6)46(40(67-11)29-42(62)57-26-20-23-38(57)47(68-12)33(7)48(63)54-37(34(8)59)27-35-21-16-14-17-22-35)56(10)49(64)36(30(2)3)28-39(60)45(31(4)5)55(9)41(61)24-18-15-19-25-58-50(65)43(52)44(53)51(58)66/h14,16-17,21-22,30-33,36-38,40,45-47H,13,15,18-20,23-29H2,1-12H3,(H,54,63)/t32-,33+,36-,37-,38-,40+,45-,46-,47+/m0/s1. The minimum absolute atomic E-state index is 0.0327. The van der Waals surface area contributed by atoms with E-state index in [0.29, 0.717) is 51.5 Å². The molecule has 0 spiro atoms. The summed E-state index contributed by atoms with van der Waals surface area (Å²) in [6, 6.07) is 7.08. The van der Waals surface area contributed by atoms with Crippen LogP contribution in [0.5, 0.6) is 0 Å². The van der Waals surface area contributed by atoms with Gasteiger partial charge in [-0.15, -0.1) is 0 Å². The summed E-state index contributed by atoms with van der Waals surface area (Å²) in [4.78, 5) is 114. The van der Waals surface area contributed by atoms with E-state index in [0.717, 1.165) is 10.5 Å². The number of benzene rings is 1. The smallest absolute Gasteiger partial charge is 0.269 e. The number of hydrogen-bond acceptors (Lipinski definition) is 10. The van der Waals surface area contributed by atoms with E-state index in [-0.39, 0.29) is 87.7 Å². The molecule has 6 amide bonds. The van der Waals surface area contributed by atoms with Crippen LogP contribution in [0.4, 0.5) is 0 Å². The number of ketones is 2. The molecule has 1 fully saturated rings. The van der Waals surface area contributed by atoms with Gasteiger partial charge in [-0.25, -0.2) is 0 Å². The third kappa shape index (κ3) is 15.1. The predicted molar refractivity (Wildman–Crippen MR) is 268 cm³/mol. The van der Waals surface area contributed by atoms with E-state index in [1.165, 1.54) is 26.0 Å². The van der Waals surface area contributed by atoms with Crippen LogP contribution in [0.1, 0.15) is 119 Å². The molecule has 0 saturated carbocycles. The number of ether oxygens (including phenoxy) is 2. The Balaban J connectivity index is 1.70. The number of likely N-dealkylation sites (N-methyl/N-ethyl adjacent to an activating group) is 2. The number of unbranched alkanes of at least 4 members (excludes halogenated alkanes) is 2. The molecule has 9 atom stereocenters. The molecule has 2 aliphatic rings. The Morgan fingerprint density at radius 3 is 1.99 bits per heavy atom. The summed E-state index contributed by atoms with van der Waals surface area (Å²) in [6.07, 6.45) is 2.71. The van der Waals surface area contributed by atoms with Gasteiger partial charge < -0.3 is 29.5 Å². The molecule has 15 nitrogen and oxygen atoms in total. The Morgan fingerprint density at radius 1 is 0.838 bits per heavy atom. The molecule has 3 rings (SSSR count). The molecular weight excluding hydrogens is 1000 g/mol. The van der Waals surface area contributed by atoms with E-state index >= 15 is 0 Å². The second-order valence-corrected chi connectivity index (χ2v) is 21.0. The number of Topliss-reactive ketones (excluding diaryl/α,β-unsaturated/α-hetero) is 2. The van der Waals surface area contributed by atoms with Crippen LogP contribution in [0.2, 0.25) is 0 Å². The van der Waals surface area contributed by atoms with E-state index < -0.39 is 60.0 Å². The highest BCUT2D eigenvalue weighted by atomic mass is 79.9. The molecule has 68 heavy (non-hydrogen) atoms. The lowest BCUT2D eigenvalue weighted by Crippen LogP contribution is -2.55. The van der Waals surface area contributed by atoms with Gasteiger partial charge in [0.05, 0.1) is 48.7 Å². The first-order chi connectivity index (χ1) is 32.0. The summed E-state index contributed by atoms with van der Waals surface area (Å²) in [5.74, 6) is -4.10. The summed E-state index contributed by atoms with van der Waals surface area (Å²) >= 11 is 6.27. The van der Waals surface area contributed by atoms with Crippen molar-refractivity contribution in [1.29, 1.82) is 0 Å². The van der Waals surface area contributed by atoms with Gasteiger partial charge in [-0.05, 0) is 94.2 Å². The molecule has 1 N–H and O–H groups in total. The maximum atomic E-state index is 14.7. The zero-order chi connectivity index (χ0) is 51.2. The molecule has 0 aromatic heterocycles. The Morgan fingerprint density at radius 2 is 1.46 bits per heavy atom. The fourth-order valence-electron chi connectivity index (χ4n) is 9.77. The van der Waals surface area contributed by atoms with Crippen molar-refractivity contribution in [2.45, 2.75) is 156 Å². The molecule has 2 aliphatic heterocycles. The lowest BCUT2D eigenvalue weighted by atomic mass is 9.83. The molecule has 0 bridgehead atoms. The predicted octanol–water partition coefficient (Wildman–Crippen LogP) is 6.87. The SMILES string of the molecule is CC[C@H](C)[C@@H]([C@@H](CC(=O)N1CCC[C@H]1[C@H](OC)[C@@H](C)C(=O)N[C@@H](Cc1ccccc1)C(C)=O)OC)N(C)C(=O)[C@@H](CC(=O)[C@H](C(C)C)N(C)C(=O)CCCCCN1C(=O)C(Br)=C(Br)C1=O)C(C)C. The first-order valence-corrected chi connectivity index (χ1v) is 25.8. The molecule has 0 aliphatic carbocycles. The largest absolute Gasteiger partial charge is 0.379 e. The first kappa shape index (κ1) is 58.5. The van der Waals surface area contributed by atoms with Crippen LogP contribution < -0.4 is 5.32 Å². The second kappa shape index (κ2) is 27.6. The van der Waals surface area contributed by atoms with Crippen LogP contribution in [0.3, 0.4) is 0 Å². The highest BCUT2D eigenvalue weighted by molar-refractivity contribution is 9.14. The third-order valence-corrected chi connectivity index (χ3v) is 16.0. The average Bonchev–Trinajstić information content (AvgIpc) is 3.86. The molecule has 17 heteroatoms. The summed E-state index contributed by atoms with van der Waals surface area (Å²) < 4.78 is 12.4. The molecular formula is C51H77Br2N5O10. The molecule has 1 saturated heterocycles. The van der Waals surface area contributed by atoms with Crippen molar-refractivity contribution in [3.63, 3.8) is 0 Å². The van der Waals surface area contributed by atoms with E-state index in [9.17, 15) is 38.4 Å². The molecule has 2 heterocycles. The number of hydrogen-bond donors (Lipinski definition) is 1. The van der Waals surface area contributed by atoms with Crippen LogP contribution in [0.25, 0.3) is 0 Å². The third-order valence-electron chi connectivity index (χ3n) is 14.0. The quantitative estimate of drug-likeness (QED) is 0.0688. The lowest BCUT2D eigenvalue weighted by Gasteiger charge is -2.41. The van der Waals surface area contributed by atoms with E-state index in [2.05, 4.69) is 37.2 Å². The van der Waals surface area contributed by atoms with Gasteiger partial charge in [0.1, 0.15) is 8.96 Å². The number of nitrogens with one attached hydrogen (secondary N) is 1. The molecule has 1 aromatic rings. The second-order valence-electron chi connectivity index (χ2n) is 19.4. The van der Waals surface area contributed by atoms with E-state index in [4.69, 9.17) is 9.47 Å². The molecule has 0 unspecified atom stereocenters. The number of amides is 6. The van der Waals surface area contributed by atoms with Crippen molar-refractivity contribution in [2.24, 2.45) is 29.6 Å². The fourth-order valence-corrected chi connectivity index (χ4v) is 10.5. The summed E-state index contributed by atoms with van der Waals surface area (Å²) in [6.45, 7) is 15.5. The molecule has 1 aromatic carbocycles. The summed E-state index contributed by atoms with van der Waals surface area (Å²) in [5, 5.41) is 2.93. The maximum absolute atomic E-state index is 14.7. The van der Waals surface area contributed by atoms with Crippen LogP contribution in [-0.4, -0.2) is 144 Å². The molecule has 0 radical (unpaired) electrons. The zero-order valence-electron chi connectivity index (χ0n) is 42.4. The number of nitrogens with zero attached hydrogens (tertiary/aromatic N) is 4. The van der Waals surface area contributed by atoms with Gasteiger partial charge in [0.2, 0.25) is 23.6 Å². The van der Waals surface area contributed by atoms with Crippen molar-refractivity contribution in [3.8, 4) is 0 Å². The van der Waals surface area contributed by atoms with Gasteiger partial charge in [0.25, 0.3) is 11.8 Å². The minimum atomic E-state index is -0.764. The van der Waals surface area contributed by atoms with E-state index in [1.807, 2.05) is 71.9 Å². The van der Waals surface area contributed by atoms with E-state index in [1.54, 1.807) is 30.8 Å². The average molecular weight is 1080 g/mol. The first-order valence-electron chi connectivity index (χ1n) is 24.2. The van der Waals surface area contributed by atoms with Gasteiger partial charge in [-0.3, -0.25) is 43.3 Å². The van der Waals surface area contributed by atoms with Crippen molar-refractivity contribution < 1.29 is 47.8 Å². The van der Waals surface area contributed by atoms with Crippen molar-refractivity contribution in [2.75, 3.05) is 41.4 Å². The monoisotopic (exact) mass is 1080 g/mol. The number of methoxy groups -OCH3 is 2. The lowest BCUT2D eigenvalue weighted by molar-refractivity contribution is -0.150. The van der Waals surface area contributed by atoms with Crippen molar-refractivity contribution in [3.05, 3.63) is 44.9 Å². The summed E-state index contributed by atoms with van der Waals surface area (Å²) in [7, 11) is 6.39. The minimum Gasteiger partial charge on any atom is -0.379 e. The maximum Gasteiger partial charge on any atom is 0.269 e. The zero-order valence-corrected chi connectivity index (χ0v) is 45.5. The highest BCUT2D eigenvalue weighted by Crippen LogP contribution is 2.32.